The summed E-state index contributed by atoms with van der Waals surface area (Å²) in [7, 11) is -3.46. The van der Waals surface area contributed by atoms with E-state index in [1.807, 2.05) is 0 Å². The van der Waals surface area contributed by atoms with Crippen molar-refractivity contribution in [1.82, 2.24) is 0 Å². The lowest BCUT2D eigenvalue weighted by Crippen LogP contribution is -1.99. The van der Waals surface area contributed by atoms with Gasteiger partial charge in [0.25, 0.3) is 0 Å². The maximum atomic E-state index is 11.7. The van der Waals surface area contributed by atoms with Crippen LogP contribution in [0.1, 0.15) is 0 Å². The largest absolute Gasteiger partial charge is 0.224 e. The van der Waals surface area contributed by atoms with Crippen LogP contribution in [0.15, 0.2) is 35.2 Å². The molecule has 0 saturated heterocycles. The molecule has 2 rings (SSSR count). The van der Waals surface area contributed by atoms with Gasteiger partial charge in [0.1, 0.15) is 0 Å². The Labute approximate surface area is 137 Å². The van der Waals surface area contributed by atoms with E-state index in [1.54, 1.807) is 12.1 Å². The normalized spacial score (nSPS) is 11.7. The van der Waals surface area contributed by atoms with Gasteiger partial charge in [0.2, 0.25) is 0 Å². The van der Waals surface area contributed by atoms with E-state index in [0.717, 1.165) is 6.26 Å². The minimum absolute atomic E-state index is 0.00424. The first kappa shape index (κ1) is 15.9. The Morgan fingerprint density at radius 2 is 1.55 bits per heavy atom. The summed E-state index contributed by atoms with van der Waals surface area (Å²) in [4.78, 5) is 0.00424. The Morgan fingerprint density at radius 3 is 2.10 bits per heavy atom. The molecule has 0 heterocycles. The van der Waals surface area contributed by atoms with E-state index in [1.165, 1.54) is 18.2 Å². The van der Waals surface area contributed by atoms with E-state index < -0.39 is 9.84 Å². The van der Waals surface area contributed by atoms with Gasteiger partial charge in [-0.15, -0.1) is 0 Å². The molecule has 7 heteroatoms. The highest BCUT2D eigenvalue weighted by Crippen LogP contribution is 2.42. The Kier molecular flexibility index (Phi) is 4.57. The average Bonchev–Trinajstić information content (AvgIpc) is 2.29. The van der Waals surface area contributed by atoms with Gasteiger partial charge < -0.3 is 0 Å². The summed E-state index contributed by atoms with van der Waals surface area (Å²) in [6, 6.07) is 7.65. The highest BCUT2D eigenvalue weighted by atomic mass is 35.5. The van der Waals surface area contributed by atoms with Gasteiger partial charge in [-0.25, -0.2) is 8.42 Å². The fraction of sp³-hybridized carbons (Fsp3) is 0.0769. The molecule has 0 spiro atoms. The molecule has 106 valence electrons. The van der Waals surface area contributed by atoms with Crippen LogP contribution in [0.4, 0.5) is 0 Å². The minimum Gasteiger partial charge on any atom is -0.224 e. The van der Waals surface area contributed by atoms with Crippen molar-refractivity contribution in [1.29, 1.82) is 0 Å². The van der Waals surface area contributed by atoms with Crippen LogP contribution in [0.25, 0.3) is 11.1 Å². The molecule has 0 radical (unpaired) electrons. The van der Waals surface area contributed by atoms with Gasteiger partial charge in [-0.3, -0.25) is 0 Å². The zero-order chi connectivity index (χ0) is 15.1. The van der Waals surface area contributed by atoms with Crippen LogP contribution >= 0.6 is 46.4 Å². The summed E-state index contributed by atoms with van der Waals surface area (Å²) in [6.45, 7) is 0. The van der Waals surface area contributed by atoms with Gasteiger partial charge in [0.05, 0.1) is 14.9 Å². The molecule has 0 amide bonds. The molecule has 0 aliphatic rings. The third kappa shape index (κ3) is 3.07. The third-order valence-electron chi connectivity index (χ3n) is 2.66. The smallest absolute Gasteiger partial charge is 0.177 e. The van der Waals surface area contributed by atoms with Crippen molar-refractivity contribution in [3.05, 3.63) is 50.4 Å². The van der Waals surface area contributed by atoms with E-state index in [4.69, 9.17) is 46.4 Å². The highest BCUT2D eigenvalue weighted by Gasteiger charge is 2.20. The summed E-state index contributed by atoms with van der Waals surface area (Å²) in [5.74, 6) is 0. The second-order valence-corrected chi connectivity index (χ2v) is 7.74. The van der Waals surface area contributed by atoms with Crippen LogP contribution in [0.3, 0.4) is 0 Å². The molecule has 0 unspecified atom stereocenters. The van der Waals surface area contributed by atoms with Crippen molar-refractivity contribution in [3.8, 4) is 11.1 Å². The van der Waals surface area contributed by atoms with Gasteiger partial charge >= 0.3 is 0 Å². The van der Waals surface area contributed by atoms with Crippen LogP contribution < -0.4 is 0 Å². The molecule has 2 aromatic carbocycles. The lowest BCUT2D eigenvalue weighted by atomic mass is 10.1. The maximum Gasteiger partial charge on any atom is 0.177 e. The zero-order valence-electron chi connectivity index (χ0n) is 10.1. The molecule has 0 saturated carbocycles. The Hall–Kier alpha value is -0.450. The fourth-order valence-corrected chi connectivity index (χ4v) is 4.00. The molecular formula is C13H8Cl4O2S. The first-order valence-corrected chi connectivity index (χ1v) is 8.75. The minimum atomic E-state index is -3.46. The van der Waals surface area contributed by atoms with Crippen LogP contribution in [0.5, 0.6) is 0 Å². The topological polar surface area (TPSA) is 34.1 Å². The van der Waals surface area contributed by atoms with E-state index in [0.29, 0.717) is 26.2 Å². The third-order valence-corrected chi connectivity index (χ3v) is 5.16. The highest BCUT2D eigenvalue weighted by molar-refractivity contribution is 7.90. The van der Waals surface area contributed by atoms with Crippen LogP contribution in [0, 0.1) is 0 Å². The van der Waals surface area contributed by atoms with E-state index in [9.17, 15) is 8.42 Å². The number of hydrogen-bond donors (Lipinski definition) is 0. The van der Waals surface area contributed by atoms with Gasteiger partial charge in [0, 0.05) is 27.4 Å². The number of rotatable bonds is 2. The molecule has 2 nitrogen and oxygen atoms in total. The van der Waals surface area contributed by atoms with Gasteiger partial charge in [-0.05, 0) is 24.3 Å². The van der Waals surface area contributed by atoms with Crippen molar-refractivity contribution >= 4 is 56.2 Å². The molecule has 0 aromatic heterocycles. The van der Waals surface area contributed by atoms with Crippen molar-refractivity contribution in [2.45, 2.75) is 4.90 Å². The maximum absolute atomic E-state index is 11.7. The number of halogens is 4. The van der Waals surface area contributed by atoms with Gasteiger partial charge in [0.15, 0.2) is 9.84 Å². The first-order chi connectivity index (χ1) is 9.21. The van der Waals surface area contributed by atoms with Crippen LogP contribution in [-0.2, 0) is 9.84 Å². The molecule has 0 N–H and O–H groups in total. The fourth-order valence-electron chi connectivity index (χ4n) is 1.76. The molecule has 0 fully saturated rings. The Balaban J connectivity index is 2.80. The summed E-state index contributed by atoms with van der Waals surface area (Å²) < 4.78 is 23.4. The van der Waals surface area contributed by atoms with Crippen molar-refractivity contribution < 1.29 is 8.42 Å². The average molecular weight is 370 g/mol. The van der Waals surface area contributed by atoms with Gasteiger partial charge in [-0.2, -0.15) is 0 Å². The molecule has 0 aliphatic carbocycles. The molecule has 0 aliphatic heterocycles. The van der Waals surface area contributed by atoms with Crippen molar-refractivity contribution in [2.24, 2.45) is 0 Å². The summed E-state index contributed by atoms with van der Waals surface area (Å²) in [6.07, 6.45) is 1.08. The second-order valence-electron chi connectivity index (χ2n) is 4.13. The van der Waals surface area contributed by atoms with Crippen molar-refractivity contribution in [3.63, 3.8) is 0 Å². The van der Waals surface area contributed by atoms with E-state index in [-0.39, 0.29) is 9.92 Å². The lowest BCUT2D eigenvalue weighted by Gasteiger charge is -2.12. The van der Waals surface area contributed by atoms with E-state index in [2.05, 4.69) is 0 Å². The Bertz CT molecular complexity index is 785. The van der Waals surface area contributed by atoms with Gasteiger partial charge in [-0.1, -0.05) is 52.5 Å². The quantitative estimate of drug-likeness (QED) is 0.712. The zero-order valence-corrected chi connectivity index (χ0v) is 14.0. The SMILES string of the molecule is CS(=O)(=O)c1ccc(Cl)c(-c2ccc(Cl)cc2Cl)c1Cl. The van der Waals surface area contributed by atoms with Crippen LogP contribution in [0.2, 0.25) is 20.1 Å². The summed E-state index contributed by atoms with van der Waals surface area (Å²) in [5.41, 5.74) is 0.898. The number of hydrogen-bond acceptors (Lipinski definition) is 2. The Morgan fingerprint density at radius 1 is 0.900 bits per heavy atom. The monoisotopic (exact) mass is 368 g/mol. The van der Waals surface area contributed by atoms with Crippen molar-refractivity contribution in [2.75, 3.05) is 6.26 Å². The first-order valence-electron chi connectivity index (χ1n) is 5.35. The van der Waals surface area contributed by atoms with E-state index >= 15 is 0 Å². The van der Waals surface area contributed by atoms with Crippen LogP contribution in [-0.4, -0.2) is 14.7 Å². The standard InChI is InChI=1S/C13H8Cl4O2S/c1-20(18,19)11-5-4-9(15)12(13(11)17)8-3-2-7(14)6-10(8)16/h2-6H,1H3. The number of benzene rings is 2. The predicted molar refractivity (Wildman–Crippen MR) is 85.0 cm³/mol. The second kappa shape index (κ2) is 5.74. The molecule has 20 heavy (non-hydrogen) atoms. The molecule has 0 bridgehead atoms. The number of sulfone groups is 1. The molecular weight excluding hydrogens is 362 g/mol. The predicted octanol–water partition coefficient (Wildman–Crippen LogP) is 5.37. The summed E-state index contributed by atoms with van der Waals surface area (Å²) in [5, 5.41) is 1.16. The lowest BCUT2D eigenvalue weighted by molar-refractivity contribution is 0.602. The molecule has 2 aromatic rings. The molecule has 0 atom stereocenters. The summed E-state index contributed by atoms with van der Waals surface area (Å²) >= 11 is 24.3.